The van der Waals surface area contributed by atoms with Crippen molar-refractivity contribution >= 4 is 29.6 Å². The molecule has 0 aliphatic carbocycles. The molecular weight excluding hydrogens is 258 g/mol. The SMILES string of the molecule is O=C1CC(CS)CN1CCc1ccc2nc[nH]c2c1. The predicted octanol–water partition coefficient (Wildman–Crippen LogP) is 1.88. The zero-order chi connectivity index (χ0) is 13.2. The van der Waals surface area contributed by atoms with E-state index >= 15 is 0 Å². The Morgan fingerprint density at radius 2 is 2.37 bits per heavy atom. The molecule has 3 rings (SSSR count). The maximum absolute atomic E-state index is 11.8. The lowest BCUT2D eigenvalue weighted by Crippen LogP contribution is -2.27. The van der Waals surface area contributed by atoms with Crippen LogP contribution in [0.5, 0.6) is 0 Å². The van der Waals surface area contributed by atoms with Gasteiger partial charge < -0.3 is 9.88 Å². The first kappa shape index (κ1) is 12.5. The van der Waals surface area contributed by atoms with E-state index < -0.39 is 0 Å². The largest absolute Gasteiger partial charge is 0.345 e. The second-order valence-electron chi connectivity index (χ2n) is 5.10. The molecule has 19 heavy (non-hydrogen) atoms. The van der Waals surface area contributed by atoms with Crippen LogP contribution in [0.2, 0.25) is 0 Å². The monoisotopic (exact) mass is 275 g/mol. The van der Waals surface area contributed by atoms with Gasteiger partial charge in [0.2, 0.25) is 5.91 Å². The molecule has 1 N–H and O–H groups in total. The summed E-state index contributed by atoms with van der Waals surface area (Å²) in [5.41, 5.74) is 3.27. The normalized spacial score (nSPS) is 19.5. The number of imidazole rings is 1. The Morgan fingerprint density at radius 3 is 3.16 bits per heavy atom. The van der Waals surface area contributed by atoms with Crippen molar-refractivity contribution in [3.63, 3.8) is 0 Å². The lowest BCUT2D eigenvalue weighted by atomic mass is 10.1. The topological polar surface area (TPSA) is 49.0 Å². The molecule has 2 heterocycles. The van der Waals surface area contributed by atoms with Crippen molar-refractivity contribution in [2.75, 3.05) is 18.8 Å². The third kappa shape index (κ3) is 2.61. The van der Waals surface area contributed by atoms with E-state index in [0.29, 0.717) is 12.3 Å². The summed E-state index contributed by atoms with van der Waals surface area (Å²) in [5, 5.41) is 0. The van der Waals surface area contributed by atoms with Gasteiger partial charge in [-0.25, -0.2) is 4.98 Å². The van der Waals surface area contributed by atoms with Crippen molar-refractivity contribution in [3.05, 3.63) is 30.1 Å². The zero-order valence-corrected chi connectivity index (χ0v) is 11.6. The summed E-state index contributed by atoms with van der Waals surface area (Å²) in [4.78, 5) is 21.1. The highest BCUT2D eigenvalue weighted by atomic mass is 32.1. The summed E-state index contributed by atoms with van der Waals surface area (Å²) in [6.07, 6.45) is 3.25. The van der Waals surface area contributed by atoms with Crippen LogP contribution < -0.4 is 0 Å². The quantitative estimate of drug-likeness (QED) is 0.837. The van der Waals surface area contributed by atoms with Gasteiger partial charge in [0, 0.05) is 19.5 Å². The summed E-state index contributed by atoms with van der Waals surface area (Å²) in [7, 11) is 0. The Hall–Kier alpha value is -1.49. The van der Waals surface area contributed by atoms with Gasteiger partial charge in [0.05, 0.1) is 17.4 Å². The summed E-state index contributed by atoms with van der Waals surface area (Å²) >= 11 is 4.28. The average Bonchev–Trinajstić information content (AvgIpc) is 3.02. The lowest BCUT2D eigenvalue weighted by molar-refractivity contribution is -0.127. The smallest absolute Gasteiger partial charge is 0.222 e. The van der Waals surface area contributed by atoms with Gasteiger partial charge in [-0.2, -0.15) is 12.6 Å². The molecule has 100 valence electrons. The standard InChI is InChI=1S/C14H17N3OS/c18-14-6-11(8-19)7-17(14)4-3-10-1-2-12-13(5-10)16-9-15-12/h1-2,5,9,11,19H,3-4,6-8H2,(H,15,16). The molecule has 1 aliphatic rings. The molecule has 0 spiro atoms. The summed E-state index contributed by atoms with van der Waals surface area (Å²) in [5.74, 6) is 1.48. The van der Waals surface area contributed by atoms with Crippen LogP contribution >= 0.6 is 12.6 Å². The highest BCUT2D eigenvalue weighted by Crippen LogP contribution is 2.19. The van der Waals surface area contributed by atoms with Crippen molar-refractivity contribution in [1.82, 2.24) is 14.9 Å². The Morgan fingerprint density at radius 1 is 1.47 bits per heavy atom. The maximum atomic E-state index is 11.8. The number of benzene rings is 1. The first-order chi connectivity index (χ1) is 9.26. The molecule has 1 aliphatic heterocycles. The Bertz CT molecular complexity index is 595. The molecule has 1 atom stereocenters. The van der Waals surface area contributed by atoms with Gasteiger partial charge in [-0.3, -0.25) is 4.79 Å². The van der Waals surface area contributed by atoms with E-state index in [-0.39, 0.29) is 5.91 Å². The van der Waals surface area contributed by atoms with Gasteiger partial charge in [0.1, 0.15) is 0 Å². The predicted molar refractivity (Wildman–Crippen MR) is 78.3 cm³/mol. The average molecular weight is 275 g/mol. The Balaban J connectivity index is 1.64. The number of aromatic nitrogens is 2. The molecule has 2 aromatic rings. The number of hydrogen-bond acceptors (Lipinski definition) is 3. The maximum Gasteiger partial charge on any atom is 0.222 e. The highest BCUT2D eigenvalue weighted by molar-refractivity contribution is 7.80. The number of H-pyrrole nitrogens is 1. The number of carbonyl (C=O) groups is 1. The number of rotatable bonds is 4. The Labute approximate surface area is 117 Å². The zero-order valence-electron chi connectivity index (χ0n) is 10.7. The number of nitrogens with one attached hydrogen (secondary N) is 1. The van der Waals surface area contributed by atoms with Crippen LogP contribution in [-0.2, 0) is 11.2 Å². The highest BCUT2D eigenvalue weighted by Gasteiger charge is 2.27. The van der Waals surface area contributed by atoms with Gasteiger partial charge in [0.15, 0.2) is 0 Å². The second kappa shape index (κ2) is 5.25. The second-order valence-corrected chi connectivity index (χ2v) is 5.46. The molecule has 1 amide bonds. The van der Waals surface area contributed by atoms with Gasteiger partial charge in [-0.05, 0) is 35.8 Å². The molecule has 1 aromatic heterocycles. The molecule has 0 saturated carbocycles. The molecule has 1 fully saturated rings. The summed E-state index contributed by atoms with van der Waals surface area (Å²) < 4.78 is 0. The van der Waals surface area contributed by atoms with Gasteiger partial charge >= 0.3 is 0 Å². The van der Waals surface area contributed by atoms with E-state index in [1.807, 2.05) is 11.0 Å². The van der Waals surface area contributed by atoms with Crippen LogP contribution in [-0.4, -0.2) is 39.6 Å². The number of nitrogens with zero attached hydrogens (tertiary/aromatic N) is 2. The number of hydrogen-bond donors (Lipinski definition) is 2. The first-order valence-electron chi connectivity index (χ1n) is 6.57. The number of carbonyl (C=O) groups excluding carboxylic acids is 1. The third-order valence-corrected chi connectivity index (χ3v) is 4.22. The molecule has 0 bridgehead atoms. The number of likely N-dealkylation sites (tertiary alicyclic amines) is 1. The van der Waals surface area contributed by atoms with Crippen molar-refractivity contribution < 1.29 is 4.79 Å². The minimum atomic E-state index is 0.265. The molecular formula is C14H17N3OS. The molecule has 5 heteroatoms. The number of thiol groups is 1. The number of amides is 1. The van der Waals surface area contributed by atoms with Crippen molar-refractivity contribution in [1.29, 1.82) is 0 Å². The molecule has 1 saturated heterocycles. The Kier molecular flexibility index (Phi) is 3.46. The number of fused-ring (bicyclic) bond motifs is 1. The van der Waals surface area contributed by atoms with E-state index in [1.54, 1.807) is 6.33 Å². The minimum absolute atomic E-state index is 0.265. The van der Waals surface area contributed by atoms with Gasteiger partial charge in [-0.1, -0.05) is 6.07 Å². The summed E-state index contributed by atoms with van der Waals surface area (Å²) in [6.45, 7) is 1.65. The van der Waals surface area contributed by atoms with E-state index in [0.717, 1.165) is 36.3 Å². The molecule has 1 aromatic carbocycles. The lowest BCUT2D eigenvalue weighted by Gasteiger charge is -2.16. The third-order valence-electron chi connectivity index (χ3n) is 3.71. The van der Waals surface area contributed by atoms with E-state index in [1.165, 1.54) is 5.56 Å². The van der Waals surface area contributed by atoms with Crippen molar-refractivity contribution in [3.8, 4) is 0 Å². The van der Waals surface area contributed by atoms with Crippen molar-refractivity contribution in [2.45, 2.75) is 12.8 Å². The van der Waals surface area contributed by atoms with Gasteiger partial charge in [-0.15, -0.1) is 0 Å². The van der Waals surface area contributed by atoms with Crippen molar-refractivity contribution in [2.24, 2.45) is 5.92 Å². The number of aromatic amines is 1. The minimum Gasteiger partial charge on any atom is -0.345 e. The van der Waals surface area contributed by atoms with Gasteiger partial charge in [0.25, 0.3) is 0 Å². The van der Waals surface area contributed by atoms with Crippen LogP contribution in [0.4, 0.5) is 0 Å². The molecule has 4 nitrogen and oxygen atoms in total. The fourth-order valence-electron chi connectivity index (χ4n) is 2.59. The summed E-state index contributed by atoms with van der Waals surface area (Å²) in [6, 6.07) is 6.21. The van der Waals surface area contributed by atoms with E-state index in [2.05, 4.69) is 34.7 Å². The molecule has 1 unspecified atom stereocenters. The van der Waals surface area contributed by atoms with Crippen LogP contribution in [0, 0.1) is 5.92 Å². The van der Waals surface area contributed by atoms with Crippen LogP contribution in [0.15, 0.2) is 24.5 Å². The van der Waals surface area contributed by atoms with Crippen LogP contribution in [0.1, 0.15) is 12.0 Å². The first-order valence-corrected chi connectivity index (χ1v) is 7.20. The van der Waals surface area contributed by atoms with E-state index in [9.17, 15) is 4.79 Å². The fraction of sp³-hybridized carbons (Fsp3) is 0.429. The van der Waals surface area contributed by atoms with Crippen LogP contribution in [0.25, 0.3) is 11.0 Å². The van der Waals surface area contributed by atoms with E-state index in [4.69, 9.17) is 0 Å². The fourth-order valence-corrected chi connectivity index (χ4v) is 2.84. The van der Waals surface area contributed by atoms with Crippen LogP contribution in [0.3, 0.4) is 0 Å². The molecule has 0 radical (unpaired) electrons.